The summed E-state index contributed by atoms with van der Waals surface area (Å²) in [5, 5.41) is 15.9. The lowest BCUT2D eigenvalue weighted by Crippen LogP contribution is -2.45. The highest BCUT2D eigenvalue weighted by Gasteiger charge is 2.57. The molecule has 306 valence electrons. The monoisotopic (exact) mass is 828 g/mol. The van der Waals surface area contributed by atoms with E-state index in [2.05, 4.69) is 45.6 Å². The van der Waals surface area contributed by atoms with Gasteiger partial charge in [-0.1, -0.05) is 29.8 Å². The number of fused-ring (bicyclic) bond motifs is 4. The van der Waals surface area contributed by atoms with Crippen molar-refractivity contribution in [2.75, 3.05) is 44.2 Å². The highest BCUT2D eigenvalue weighted by molar-refractivity contribution is 8.32. The third kappa shape index (κ3) is 7.14. The van der Waals surface area contributed by atoms with Crippen LogP contribution in [0.15, 0.2) is 43.0 Å². The number of ether oxygens (including phenoxy) is 2. The highest BCUT2D eigenvalue weighted by atomic mass is 35.5. The van der Waals surface area contributed by atoms with Crippen molar-refractivity contribution in [2.24, 2.45) is 5.92 Å². The maximum Gasteiger partial charge on any atom is 0.410 e. The smallest absolute Gasteiger partial charge is 0.410 e. The second-order valence-electron chi connectivity index (χ2n) is 17.6. The first-order valence-corrected chi connectivity index (χ1v) is 23.2. The predicted molar refractivity (Wildman–Crippen MR) is 225 cm³/mol. The van der Waals surface area contributed by atoms with Crippen LogP contribution in [0.5, 0.6) is 0 Å². The van der Waals surface area contributed by atoms with Crippen LogP contribution in [0.1, 0.15) is 75.4 Å². The van der Waals surface area contributed by atoms with Gasteiger partial charge in [-0.15, -0.1) is 0 Å². The fourth-order valence-corrected chi connectivity index (χ4v) is 9.79. The summed E-state index contributed by atoms with van der Waals surface area (Å²) >= 11 is 6.88. The second kappa shape index (κ2) is 15.1. The highest BCUT2D eigenvalue weighted by Crippen LogP contribution is 2.54. The van der Waals surface area contributed by atoms with Crippen molar-refractivity contribution >= 4 is 55.6 Å². The van der Waals surface area contributed by atoms with E-state index in [1.807, 2.05) is 55.7 Å². The molecule has 0 spiro atoms. The molecule has 6 heterocycles. The van der Waals surface area contributed by atoms with Gasteiger partial charge in [0.2, 0.25) is 0 Å². The first-order chi connectivity index (χ1) is 27.6. The summed E-state index contributed by atoms with van der Waals surface area (Å²) in [4.78, 5) is 40.5. The van der Waals surface area contributed by atoms with Gasteiger partial charge >= 0.3 is 12.2 Å². The predicted octanol–water partition coefficient (Wildman–Crippen LogP) is 9.14. The summed E-state index contributed by atoms with van der Waals surface area (Å²) in [7, 11) is -0.873. The number of aromatic nitrogens is 5. The Bertz CT molecular complexity index is 2470. The fraction of sp³-hybridized carbons (Fsp3) is 0.488. The van der Waals surface area contributed by atoms with Gasteiger partial charge in [0.1, 0.15) is 30.4 Å². The van der Waals surface area contributed by atoms with Crippen LogP contribution in [0.2, 0.25) is 5.02 Å². The zero-order chi connectivity index (χ0) is 41.3. The van der Waals surface area contributed by atoms with E-state index < -0.39 is 21.4 Å². The van der Waals surface area contributed by atoms with Gasteiger partial charge in [-0.05, 0) is 95.4 Å². The van der Waals surface area contributed by atoms with E-state index in [4.69, 9.17) is 26.1 Å². The first kappa shape index (κ1) is 39.9. The van der Waals surface area contributed by atoms with E-state index in [-0.39, 0.29) is 54.6 Å². The Morgan fingerprint density at radius 3 is 2.62 bits per heavy atom. The van der Waals surface area contributed by atoms with Crippen molar-refractivity contribution in [3.05, 3.63) is 70.6 Å². The number of halogens is 2. The molecule has 2 aromatic carbocycles. The average molecular weight is 829 g/mol. The standard InChI is InChI=1S/C43H50ClFN8O4S/c1-25-11-8-13-28(35(25)44)34-26(12-9-15-46)19-29-37(36(34)45)49-40(52-24-47-23-48-52)30-21-32(31-14-10-16-50(31)41(54)56-17-18-58(5,6)7)53(39(29)30)38-27-20-33(38)51(22-27)42(55)57-43(2,3)4/h8,11,13,19,21,23-24,27,31,33,38H,9-10,12,14,16-18,20,22H2,1-7H3/t27-,31-,33-,38+/m1/s1. The first-order valence-electron chi connectivity index (χ1n) is 19.8. The molecule has 0 radical (unpaired) electrons. The number of hydrogen-bond acceptors (Lipinski definition) is 8. The molecule has 1 aliphatic carbocycles. The molecule has 5 aromatic rings. The van der Waals surface area contributed by atoms with E-state index in [1.165, 1.54) is 17.3 Å². The maximum atomic E-state index is 17.7. The number of benzene rings is 2. The lowest BCUT2D eigenvalue weighted by Gasteiger charge is -2.40. The lowest BCUT2D eigenvalue weighted by molar-refractivity contribution is 0.0208. The second-order valence-corrected chi connectivity index (χ2v) is 22.6. The van der Waals surface area contributed by atoms with Crippen molar-refractivity contribution < 1.29 is 23.5 Å². The van der Waals surface area contributed by atoms with Gasteiger partial charge in [0.05, 0.1) is 34.7 Å². The largest absolute Gasteiger partial charge is 0.449 e. The Kier molecular flexibility index (Phi) is 10.4. The van der Waals surface area contributed by atoms with Crippen LogP contribution in [-0.2, 0) is 15.9 Å². The average Bonchev–Trinajstić information content (AvgIpc) is 3.99. The number of carbonyl (C=O) groups is 2. The summed E-state index contributed by atoms with van der Waals surface area (Å²) in [6, 6.07) is 11.0. The van der Waals surface area contributed by atoms with Crippen molar-refractivity contribution in [1.82, 2.24) is 34.1 Å². The molecule has 58 heavy (non-hydrogen) atoms. The molecule has 0 unspecified atom stereocenters. The Morgan fingerprint density at radius 2 is 1.91 bits per heavy atom. The number of amides is 2. The third-order valence-electron chi connectivity index (χ3n) is 11.6. The van der Waals surface area contributed by atoms with Gasteiger partial charge in [-0.25, -0.2) is 38.7 Å². The van der Waals surface area contributed by atoms with Gasteiger partial charge < -0.3 is 18.9 Å². The molecule has 3 aromatic heterocycles. The van der Waals surface area contributed by atoms with E-state index in [0.29, 0.717) is 69.9 Å². The minimum absolute atomic E-state index is 0.0785. The van der Waals surface area contributed by atoms with Crippen molar-refractivity contribution in [3.63, 3.8) is 0 Å². The summed E-state index contributed by atoms with van der Waals surface area (Å²) in [6.07, 6.45) is 11.5. The Balaban J connectivity index is 1.39. The van der Waals surface area contributed by atoms with Gasteiger partial charge in [0.15, 0.2) is 11.6 Å². The Morgan fingerprint density at radius 1 is 1.12 bits per heavy atom. The van der Waals surface area contributed by atoms with Gasteiger partial charge in [-0.2, -0.15) is 10.4 Å². The lowest BCUT2D eigenvalue weighted by atomic mass is 9.79. The molecule has 2 bridgehead atoms. The molecule has 2 amide bonds. The number of pyridine rings is 1. The number of nitrogens with zero attached hydrogens (tertiary/aromatic N) is 8. The quantitative estimate of drug-likeness (QED) is 0.144. The van der Waals surface area contributed by atoms with Crippen molar-refractivity contribution in [2.45, 2.75) is 83.5 Å². The maximum absolute atomic E-state index is 17.7. The van der Waals surface area contributed by atoms with Crippen LogP contribution in [0.4, 0.5) is 14.0 Å². The number of nitriles is 1. The normalized spacial score (nSPS) is 20.8. The molecule has 4 atom stereocenters. The van der Waals surface area contributed by atoms with E-state index in [1.54, 1.807) is 6.07 Å². The fourth-order valence-electron chi connectivity index (χ4n) is 8.99. The van der Waals surface area contributed by atoms with Gasteiger partial charge in [0, 0.05) is 58.8 Å². The molecule has 1 saturated carbocycles. The number of carbonyl (C=O) groups excluding carboxylic acids is 2. The molecule has 0 N–H and O–H groups in total. The number of rotatable bonds is 9. The molecular weight excluding hydrogens is 779 g/mol. The topological polar surface area (TPSA) is 131 Å². The number of likely N-dealkylation sites (tertiary alicyclic amines) is 1. The van der Waals surface area contributed by atoms with E-state index >= 15 is 4.39 Å². The van der Waals surface area contributed by atoms with Crippen LogP contribution in [0.3, 0.4) is 0 Å². The Labute approximate surface area is 344 Å². The summed E-state index contributed by atoms with van der Waals surface area (Å²) in [5.41, 5.74) is 3.26. The van der Waals surface area contributed by atoms with Crippen LogP contribution < -0.4 is 0 Å². The van der Waals surface area contributed by atoms with E-state index in [9.17, 15) is 14.9 Å². The van der Waals surface area contributed by atoms with Crippen LogP contribution in [0, 0.1) is 30.0 Å². The van der Waals surface area contributed by atoms with E-state index in [0.717, 1.165) is 29.9 Å². The molecule has 4 fully saturated rings. The summed E-state index contributed by atoms with van der Waals surface area (Å²) < 4.78 is 33.3. The van der Waals surface area contributed by atoms with Gasteiger partial charge in [-0.3, -0.25) is 4.90 Å². The summed E-state index contributed by atoms with van der Waals surface area (Å²) in [5.74, 6) is 0.697. The SMILES string of the molecule is Cc1cccc(-c2c(CCC#N)cc3c(nc(-n4cncn4)c4cc([C@H]5CCCN5C(=O)OCCS(C)(C)C)n([C@H]5[C@@H]6C[C@H]5N(C(=O)OC(C)(C)C)C6)c43)c2F)c1Cl. The van der Waals surface area contributed by atoms with Crippen LogP contribution >= 0.6 is 21.6 Å². The molecule has 15 heteroatoms. The van der Waals surface area contributed by atoms with Crippen molar-refractivity contribution in [1.29, 1.82) is 5.26 Å². The van der Waals surface area contributed by atoms with Gasteiger partial charge in [0.25, 0.3) is 0 Å². The molecule has 4 aliphatic rings. The third-order valence-corrected chi connectivity index (χ3v) is 13.5. The number of hydrogen-bond donors (Lipinski definition) is 0. The summed E-state index contributed by atoms with van der Waals surface area (Å²) in [6.45, 7) is 8.82. The minimum Gasteiger partial charge on any atom is -0.449 e. The van der Waals surface area contributed by atoms with Crippen LogP contribution in [0.25, 0.3) is 38.8 Å². The zero-order valence-electron chi connectivity index (χ0n) is 34.1. The molecule has 3 aliphatic heterocycles. The van der Waals surface area contributed by atoms with Crippen LogP contribution in [-0.4, -0.2) is 102 Å². The minimum atomic E-state index is -0.873. The number of aryl methyl sites for hydroxylation is 2. The molecule has 12 nitrogen and oxygen atoms in total. The Hall–Kier alpha value is -4.87. The zero-order valence-corrected chi connectivity index (χ0v) is 35.7. The molecular formula is C43H50ClFN8O4S. The molecule has 9 rings (SSSR count). The van der Waals surface area contributed by atoms with Crippen molar-refractivity contribution in [3.8, 4) is 23.0 Å². The molecule has 3 saturated heterocycles.